The second kappa shape index (κ2) is 9.65. The smallest absolute Gasteiger partial charge is 0.311 e. The molecule has 174 valence electrons. The lowest BCUT2D eigenvalue weighted by Crippen LogP contribution is -2.44. The van der Waals surface area contributed by atoms with Gasteiger partial charge < -0.3 is 19.1 Å². The van der Waals surface area contributed by atoms with E-state index in [1.807, 2.05) is 19.1 Å². The number of nitrogens with zero attached hydrogens (tertiary/aromatic N) is 1. The number of hydrogen-bond donors (Lipinski definition) is 0. The Balaban J connectivity index is 1.68. The summed E-state index contributed by atoms with van der Waals surface area (Å²) in [6.07, 6.45) is 9.77. The molecule has 2 unspecified atom stereocenters. The summed E-state index contributed by atoms with van der Waals surface area (Å²) in [7, 11) is 2.14. The molecule has 1 spiro atoms. The molecule has 4 rings (SSSR count). The first kappa shape index (κ1) is 22.8. The second-order valence-corrected chi connectivity index (χ2v) is 9.37. The third-order valence-corrected chi connectivity index (χ3v) is 6.83. The highest BCUT2D eigenvalue weighted by atomic mass is 16.6. The van der Waals surface area contributed by atoms with E-state index in [-0.39, 0.29) is 29.6 Å². The van der Waals surface area contributed by atoms with Gasteiger partial charge in [-0.1, -0.05) is 32.4 Å². The standard InChI is InChI=1S/C26H35NO5/c1-4-6-9-23(29)31-20-11-10-18-17-27(3)15-7-13-26-14-12-19(30-22(28)8-5-2)16-21(26)32-25(20)24(18)26/h10-12,14,19,21H,4-9,13,15-17H2,1-3H3/t19-,21?,26?/m0/s1. The largest absolute Gasteiger partial charge is 0.485 e. The summed E-state index contributed by atoms with van der Waals surface area (Å²) >= 11 is 0. The summed E-state index contributed by atoms with van der Waals surface area (Å²) in [5.74, 6) is 0.812. The van der Waals surface area contributed by atoms with Crippen LogP contribution in [0.2, 0.25) is 0 Å². The highest BCUT2D eigenvalue weighted by Crippen LogP contribution is 2.56. The van der Waals surface area contributed by atoms with Crippen molar-refractivity contribution in [3.05, 3.63) is 35.4 Å². The van der Waals surface area contributed by atoms with Gasteiger partial charge in [0.05, 0.1) is 5.41 Å². The van der Waals surface area contributed by atoms with Crippen molar-refractivity contribution in [3.63, 3.8) is 0 Å². The second-order valence-electron chi connectivity index (χ2n) is 9.37. The summed E-state index contributed by atoms with van der Waals surface area (Å²) in [5.41, 5.74) is 2.08. The van der Waals surface area contributed by atoms with Crippen molar-refractivity contribution in [1.29, 1.82) is 0 Å². The molecular formula is C26H35NO5. The van der Waals surface area contributed by atoms with E-state index < -0.39 is 0 Å². The Morgan fingerprint density at radius 2 is 2.03 bits per heavy atom. The molecule has 1 aromatic rings. The molecule has 2 aliphatic heterocycles. The summed E-state index contributed by atoms with van der Waals surface area (Å²) in [6.45, 7) is 5.87. The Morgan fingerprint density at radius 1 is 1.19 bits per heavy atom. The van der Waals surface area contributed by atoms with E-state index in [1.165, 1.54) is 5.56 Å². The lowest BCUT2D eigenvalue weighted by atomic mass is 9.67. The van der Waals surface area contributed by atoms with E-state index in [1.54, 1.807) is 0 Å². The van der Waals surface area contributed by atoms with Crippen molar-refractivity contribution in [2.75, 3.05) is 13.6 Å². The zero-order chi connectivity index (χ0) is 22.7. The van der Waals surface area contributed by atoms with Crippen LogP contribution in [0.3, 0.4) is 0 Å². The molecular weight excluding hydrogens is 406 g/mol. The zero-order valence-corrected chi connectivity index (χ0v) is 19.5. The Bertz CT molecular complexity index is 894. The molecule has 2 heterocycles. The summed E-state index contributed by atoms with van der Waals surface area (Å²) in [4.78, 5) is 26.8. The molecule has 32 heavy (non-hydrogen) atoms. The summed E-state index contributed by atoms with van der Waals surface area (Å²) in [5, 5.41) is 0. The maximum absolute atomic E-state index is 12.4. The van der Waals surface area contributed by atoms with Crippen molar-refractivity contribution >= 4 is 11.9 Å². The van der Waals surface area contributed by atoms with Gasteiger partial charge in [0, 0.05) is 31.4 Å². The fourth-order valence-electron chi connectivity index (χ4n) is 5.26. The van der Waals surface area contributed by atoms with E-state index in [2.05, 4.69) is 31.0 Å². The Morgan fingerprint density at radius 3 is 2.81 bits per heavy atom. The highest BCUT2D eigenvalue weighted by molar-refractivity contribution is 5.74. The van der Waals surface area contributed by atoms with Crippen molar-refractivity contribution in [1.82, 2.24) is 4.90 Å². The van der Waals surface area contributed by atoms with Crippen LogP contribution in [-0.4, -0.2) is 42.6 Å². The minimum atomic E-state index is -0.286. The third kappa shape index (κ3) is 4.42. The quantitative estimate of drug-likeness (QED) is 0.348. The molecule has 6 nitrogen and oxygen atoms in total. The van der Waals surface area contributed by atoms with Gasteiger partial charge in [0.25, 0.3) is 0 Å². The molecule has 0 aromatic heterocycles. The van der Waals surface area contributed by atoms with Crippen molar-refractivity contribution in [3.8, 4) is 11.5 Å². The lowest BCUT2D eigenvalue weighted by Gasteiger charge is -2.39. The van der Waals surface area contributed by atoms with Crippen LogP contribution in [0.5, 0.6) is 11.5 Å². The molecule has 6 heteroatoms. The van der Waals surface area contributed by atoms with Gasteiger partial charge in [-0.15, -0.1) is 0 Å². The van der Waals surface area contributed by atoms with Crippen LogP contribution in [0.25, 0.3) is 0 Å². The number of ether oxygens (including phenoxy) is 3. The van der Waals surface area contributed by atoms with E-state index >= 15 is 0 Å². The molecule has 0 radical (unpaired) electrons. The van der Waals surface area contributed by atoms with Crippen molar-refractivity contribution in [2.45, 2.75) is 89.4 Å². The molecule has 0 amide bonds. The van der Waals surface area contributed by atoms with Crippen molar-refractivity contribution in [2.24, 2.45) is 0 Å². The first-order valence-corrected chi connectivity index (χ1v) is 12.1. The lowest BCUT2D eigenvalue weighted by molar-refractivity contribution is -0.148. The van der Waals surface area contributed by atoms with Crippen LogP contribution in [0, 0.1) is 0 Å². The van der Waals surface area contributed by atoms with E-state index in [9.17, 15) is 9.59 Å². The number of rotatable bonds is 7. The number of hydrogen-bond acceptors (Lipinski definition) is 6. The minimum absolute atomic E-state index is 0.139. The van der Waals surface area contributed by atoms with Crippen LogP contribution in [0.4, 0.5) is 0 Å². The number of esters is 2. The number of unbranched alkanes of at least 4 members (excludes halogenated alkanes) is 1. The van der Waals surface area contributed by atoms with Crippen LogP contribution in [0.1, 0.15) is 76.3 Å². The summed E-state index contributed by atoms with van der Waals surface area (Å²) in [6, 6.07) is 3.96. The Kier molecular flexibility index (Phi) is 6.89. The first-order chi connectivity index (χ1) is 15.5. The maximum Gasteiger partial charge on any atom is 0.311 e. The van der Waals surface area contributed by atoms with Gasteiger partial charge in [-0.05, 0) is 57.0 Å². The van der Waals surface area contributed by atoms with Gasteiger partial charge in [-0.3, -0.25) is 9.59 Å². The van der Waals surface area contributed by atoms with Crippen LogP contribution < -0.4 is 9.47 Å². The predicted molar refractivity (Wildman–Crippen MR) is 122 cm³/mol. The van der Waals surface area contributed by atoms with Gasteiger partial charge in [0.15, 0.2) is 11.5 Å². The molecule has 3 atom stereocenters. The molecule has 3 aliphatic rings. The average Bonchev–Trinajstić information content (AvgIpc) is 3.08. The topological polar surface area (TPSA) is 65.1 Å². The molecule has 1 aromatic carbocycles. The van der Waals surface area contributed by atoms with Gasteiger partial charge in [-0.2, -0.15) is 0 Å². The summed E-state index contributed by atoms with van der Waals surface area (Å²) < 4.78 is 18.0. The van der Waals surface area contributed by atoms with Gasteiger partial charge in [-0.25, -0.2) is 0 Å². The maximum atomic E-state index is 12.4. The fraction of sp³-hybridized carbons (Fsp3) is 0.615. The molecule has 0 bridgehead atoms. The van der Waals surface area contributed by atoms with Crippen LogP contribution in [0.15, 0.2) is 24.3 Å². The van der Waals surface area contributed by atoms with Gasteiger partial charge in [0.1, 0.15) is 12.2 Å². The van der Waals surface area contributed by atoms with E-state index in [4.69, 9.17) is 14.2 Å². The minimum Gasteiger partial charge on any atom is -0.485 e. The number of benzene rings is 1. The Hall–Kier alpha value is -2.34. The van der Waals surface area contributed by atoms with E-state index in [0.29, 0.717) is 30.8 Å². The normalized spacial score (nSPS) is 26.3. The van der Waals surface area contributed by atoms with E-state index in [0.717, 1.165) is 50.8 Å². The number of carbonyl (C=O) groups is 2. The zero-order valence-electron chi connectivity index (χ0n) is 19.5. The third-order valence-electron chi connectivity index (χ3n) is 6.83. The molecule has 0 fully saturated rings. The highest BCUT2D eigenvalue weighted by Gasteiger charge is 2.52. The monoisotopic (exact) mass is 441 g/mol. The fourth-order valence-corrected chi connectivity index (χ4v) is 5.26. The Labute approximate surface area is 190 Å². The number of carbonyl (C=O) groups excluding carboxylic acids is 2. The first-order valence-electron chi connectivity index (χ1n) is 12.1. The molecule has 1 aliphatic carbocycles. The molecule has 0 saturated heterocycles. The van der Waals surface area contributed by atoms with Crippen LogP contribution in [-0.2, 0) is 26.3 Å². The van der Waals surface area contributed by atoms with Gasteiger partial charge >= 0.3 is 11.9 Å². The molecule has 0 saturated carbocycles. The average molecular weight is 442 g/mol. The van der Waals surface area contributed by atoms with Crippen LogP contribution >= 0.6 is 0 Å². The molecule has 0 N–H and O–H groups in total. The predicted octanol–water partition coefficient (Wildman–Crippen LogP) is 4.68. The van der Waals surface area contributed by atoms with Crippen molar-refractivity contribution < 1.29 is 23.8 Å². The SMILES string of the molecule is CCCCC(=O)Oc1ccc2c3c1OC1C[C@@H](OC(=O)CCC)C=CC31CCCN(C)C2. The van der Waals surface area contributed by atoms with Gasteiger partial charge in [0.2, 0.25) is 0 Å².